The average Bonchev–Trinajstić information content (AvgIpc) is 3.14. The number of nitriles is 1. The van der Waals surface area contributed by atoms with Crippen LogP contribution in [-0.2, 0) is 0 Å². The fourth-order valence-corrected chi connectivity index (χ4v) is 4.12. The maximum Gasteiger partial charge on any atom is 0.284 e. The first-order valence-electron chi connectivity index (χ1n) is 9.77. The fourth-order valence-electron chi connectivity index (χ4n) is 3.90. The van der Waals surface area contributed by atoms with Crippen molar-refractivity contribution in [3.05, 3.63) is 69.4 Å². The molecule has 1 fully saturated rings. The van der Waals surface area contributed by atoms with Gasteiger partial charge < -0.3 is 15.4 Å². The quantitative estimate of drug-likeness (QED) is 0.504. The van der Waals surface area contributed by atoms with Crippen LogP contribution in [0.15, 0.2) is 47.4 Å². The molecule has 0 unspecified atom stereocenters. The summed E-state index contributed by atoms with van der Waals surface area (Å²) in [6.45, 7) is 0.591. The summed E-state index contributed by atoms with van der Waals surface area (Å²) in [5.74, 6) is 0.920. The van der Waals surface area contributed by atoms with Gasteiger partial charge in [-0.25, -0.2) is 4.52 Å². The lowest BCUT2D eigenvalue weighted by Gasteiger charge is -2.42. The van der Waals surface area contributed by atoms with E-state index < -0.39 is 0 Å². The van der Waals surface area contributed by atoms with Crippen LogP contribution in [0.5, 0.6) is 5.88 Å². The number of nitrogens with zero attached hydrogens (tertiary/aromatic N) is 7. The van der Waals surface area contributed by atoms with Gasteiger partial charge in [-0.2, -0.15) is 20.3 Å². The number of rotatable bonds is 4. The molecule has 0 spiro atoms. The topological polar surface area (TPSA) is 127 Å². The number of fused-ring (bicyclic) bond motifs is 1. The average molecular weight is 449 g/mol. The second-order valence-corrected chi connectivity index (χ2v) is 7.60. The first-order chi connectivity index (χ1) is 15.5. The lowest BCUT2D eigenvalue weighted by atomic mass is 10.0. The van der Waals surface area contributed by atoms with Crippen LogP contribution in [0.4, 0.5) is 11.8 Å². The molecule has 3 aromatic heterocycles. The molecule has 0 saturated carbocycles. The molecule has 4 heterocycles. The van der Waals surface area contributed by atoms with Crippen molar-refractivity contribution in [1.29, 1.82) is 5.26 Å². The van der Waals surface area contributed by atoms with Gasteiger partial charge >= 0.3 is 0 Å². The van der Waals surface area contributed by atoms with Crippen LogP contribution in [0.1, 0.15) is 23.9 Å². The number of methoxy groups -OCH3 is 1. The minimum Gasteiger partial charge on any atom is -0.480 e. The third-order valence-corrected chi connectivity index (χ3v) is 5.75. The van der Waals surface area contributed by atoms with E-state index in [9.17, 15) is 10.1 Å². The largest absolute Gasteiger partial charge is 0.480 e. The predicted octanol–water partition coefficient (Wildman–Crippen LogP) is 2.34. The summed E-state index contributed by atoms with van der Waals surface area (Å²) in [6.07, 6.45) is 2.34. The van der Waals surface area contributed by atoms with E-state index in [1.54, 1.807) is 16.8 Å². The van der Waals surface area contributed by atoms with Crippen LogP contribution >= 0.6 is 11.6 Å². The highest BCUT2D eigenvalue weighted by molar-refractivity contribution is 6.33. The van der Waals surface area contributed by atoms with E-state index in [0.717, 1.165) is 0 Å². The van der Waals surface area contributed by atoms with Gasteiger partial charge in [-0.3, -0.25) is 9.36 Å². The van der Waals surface area contributed by atoms with Crippen LogP contribution in [0.2, 0.25) is 5.02 Å². The second-order valence-electron chi connectivity index (χ2n) is 7.19. The van der Waals surface area contributed by atoms with Gasteiger partial charge in [0.1, 0.15) is 11.6 Å². The van der Waals surface area contributed by atoms with Crippen LogP contribution in [-0.4, -0.2) is 37.8 Å². The zero-order chi connectivity index (χ0) is 22.4. The molecule has 1 saturated heterocycles. The summed E-state index contributed by atoms with van der Waals surface area (Å²) in [5, 5.41) is 14.7. The van der Waals surface area contributed by atoms with E-state index >= 15 is 0 Å². The summed E-state index contributed by atoms with van der Waals surface area (Å²) in [7, 11) is 1.41. The number of halogens is 1. The molecular weight excluding hydrogens is 432 g/mol. The van der Waals surface area contributed by atoms with Gasteiger partial charge in [-0.15, -0.1) is 0 Å². The number of nitrogens with two attached hydrogens (primary N) is 1. The number of anilines is 2. The molecule has 1 aliphatic heterocycles. The van der Waals surface area contributed by atoms with Crippen molar-refractivity contribution in [3.8, 4) is 17.6 Å². The van der Waals surface area contributed by atoms with Crippen LogP contribution in [0.3, 0.4) is 0 Å². The van der Waals surface area contributed by atoms with Crippen molar-refractivity contribution in [2.24, 2.45) is 0 Å². The molecular formula is C21H17ClN8O2. The zero-order valence-electron chi connectivity index (χ0n) is 16.9. The number of nitrogen functional groups attached to an aromatic ring is 1. The highest BCUT2D eigenvalue weighted by Crippen LogP contribution is 2.39. The first kappa shape index (κ1) is 19.8. The maximum atomic E-state index is 13.5. The molecule has 1 atom stereocenters. The minimum absolute atomic E-state index is 0.0115. The Hall–Kier alpha value is -4.10. The highest BCUT2D eigenvalue weighted by Gasteiger charge is 2.37. The monoisotopic (exact) mass is 448 g/mol. The van der Waals surface area contributed by atoms with Crippen LogP contribution < -0.4 is 20.9 Å². The van der Waals surface area contributed by atoms with Crippen molar-refractivity contribution in [2.75, 3.05) is 24.3 Å². The fraction of sp³-hybridized carbons (Fsp3) is 0.190. The molecule has 11 heteroatoms. The Morgan fingerprint density at radius 3 is 2.69 bits per heavy atom. The Morgan fingerprint density at radius 1 is 1.25 bits per heavy atom. The van der Waals surface area contributed by atoms with Crippen molar-refractivity contribution in [2.45, 2.75) is 12.5 Å². The number of hydrogen-bond donors (Lipinski definition) is 1. The molecule has 1 aliphatic rings. The van der Waals surface area contributed by atoms with Gasteiger partial charge in [0.05, 0.1) is 23.9 Å². The Labute approximate surface area is 187 Å². The molecule has 2 N–H and O–H groups in total. The first-order valence-corrected chi connectivity index (χ1v) is 10.1. The Kier molecular flexibility index (Phi) is 4.68. The van der Waals surface area contributed by atoms with Crippen LogP contribution in [0, 0.1) is 11.3 Å². The minimum atomic E-state index is -0.334. The molecule has 5 rings (SSSR count). The zero-order valence-corrected chi connectivity index (χ0v) is 17.7. The van der Waals surface area contributed by atoms with Crippen molar-refractivity contribution >= 4 is 28.9 Å². The Balaban J connectivity index is 1.72. The smallest absolute Gasteiger partial charge is 0.284 e. The molecule has 1 aromatic carbocycles. The van der Waals surface area contributed by atoms with E-state index in [4.69, 9.17) is 27.2 Å². The number of ether oxygens (including phenoxy) is 1. The van der Waals surface area contributed by atoms with E-state index in [1.807, 2.05) is 35.2 Å². The summed E-state index contributed by atoms with van der Waals surface area (Å²) in [5.41, 5.74) is 6.68. The Morgan fingerprint density at radius 2 is 2.03 bits per heavy atom. The third kappa shape index (κ3) is 2.94. The van der Waals surface area contributed by atoms with Gasteiger partial charge in [0, 0.05) is 12.7 Å². The normalized spacial score (nSPS) is 15.4. The van der Waals surface area contributed by atoms with Crippen LogP contribution in [0.25, 0.3) is 11.2 Å². The van der Waals surface area contributed by atoms with E-state index in [-0.39, 0.29) is 34.5 Å². The number of aromatic nitrogens is 5. The second kappa shape index (κ2) is 7.55. The van der Waals surface area contributed by atoms with Gasteiger partial charge in [0.2, 0.25) is 11.8 Å². The highest BCUT2D eigenvalue weighted by atomic mass is 35.5. The molecule has 4 aromatic rings. The molecule has 32 heavy (non-hydrogen) atoms. The standard InChI is InChI=1S/C21H17ClN8O2/c1-32-19-13(11-23)17(25-21(24)26-19)28-9-8-15(28)18-27-29-10-7-14(22)16(29)20(31)30(18)12-5-3-2-4-6-12/h2-7,10,15H,8-9H2,1H3,(H2,24,25,26)/t15-/m0/s1. The number of benzene rings is 1. The molecule has 160 valence electrons. The van der Waals surface area contributed by atoms with E-state index in [0.29, 0.717) is 35.3 Å². The molecule has 10 nitrogen and oxygen atoms in total. The molecule has 0 bridgehead atoms. The van der Waals surface area contributed by atoms with Gasteiger partial charge in [0.15, 0.2) is 17.2 Å². The number of hydrogen-bond acceptors (Lipinski definition) is 8. The predicted molar refractivity (Wildman–Crippen MR) is 118 cm³/mol. The maximum absolute atomic E-state index is 13.5. The summed E-state index contributed by atoms with van der Waals surface area (Å²) in [4.78, 5) is 23.6. The lowest BCUT2D eigenvalue weighted by molar-refractivity contribution is 0.391. The summed E-state index contributed by atoms with van der Waals surface area (Å²) < 4.78 is 8.25. The van der Waals surface area contributed by atoms with Gasteiger partial charge in [-0.05, 0) is 24.6 Å². The van der Waals surface area contributed by atoms with Crippen molar-refractivity contribution < 1.29 is 4.74 Å². The third-order valence-electron chi connectivity index (χ3n) is 5.45. The number of para-hydroxylation sites is 1. The molecule has 0 amide bonds. The van der Waals surface area contributed by atoms with Gasteiger partial charge in [-0.1, -0.05) is 29.8 Å². The molecule has 0 radical (unpaired) electrons. The van der Waals surface area contributed by atoms with Gasteiger partial charge in [0.25, 0.3) is 5.56 Å². The summed E-state index contributed by atoms with van der Waals surface area (Å²) in [6, 6.07) is 12.6. The van der Waals surface area contributed by atoms with E-state index in [1.165, 1.54) is 11.6 Å². The SMILES string of the molecule is COc1nc(N)nc(N2CC[C@H]2c2nn3ccc(Cl)c3c(=O)n2-c2ccccc2)c1C#N. The lowest BCUT2D eigenvalue weighted by Crippen LogP contribution is -2.45. The summed E-state index contributed by atoms with van der Waals surface area (Å²) >= 11 is 6.27. The molecule has 0 aliphatic carbocycles. The van der Waals surface area contributed by atoms with Crippen molar-refractivity contribution in [1.82, 2.24) is 24.1 Å². The Bertz CT molecular complexity index is 1440. The van der Waals surface area contributed by atoms with Crippen molar-refractivity contribution in [3.63, 3.8) is 0 Å². The van der Waals surface area contributed by atoms with E-state index in [2.05, 4.69) is 16.0 Å².